The van der Waals surface area contributed by atoms with Crippen molar-refractivity contribution in [3.05, 3.63) is 47.0 Å². The zero-order chi connectivity index (χ0) is 14.8. The molecule has 2 aromatic rings. The molecule has 106 valence electrons. The summed E-state index contributed by atoms with van der Waals surface area (Å²) in [6.45, 7) is 0. The molecule has 4 nitrogen and oxygen atoms in total. The summed E-state index contributed by atoms with van der Waals surface area (Å²) in [5.41, 5.74) is 1.14. The fourth-order valence-corrected chi connectivity index (χ4v) is 1.63. The van der Waals surface area contributed by atoms with Gasteiger partial charge in [-0.3, -0.25) is 0 Å². The first-order chi connectivity index (χ1) is 9.38. The van der Waals surface area contributed by atoms with Crippen LogP contribution in [0, 0.1) is 0 Å². The molecule has 1 aromatic heterocycles. The molecule has 0 bridgehead atoms. The SMILES string of the molecule is NNc1cc(C(F)(F)F)cc(Oc2cccc(Cl)c2)n1. The number of hydrogen-bond acceptors (Lipinski definition) is 4. The molecule has 2 rings (SSSR count). The molecule has 1 aromatic carbocycles. The van der Waals surface area contributed by atoms with E-state index in [1.54, 1.807) is 18.2 Å². The van der Waals surface area contributed by atoms with Crippen LogP contribution >= 0.6 is 11.6 Å². The number of nitrogens with two attached hydrogens (primary N) is 1. The molecule has 0 aliphatic carbocycles. The number of nitrogens with zero attached hydrogens (tertiary/aromatic N) is 1. The summed E-state index contributed by atoms with van der Waals surface area (Å²) in [5.74, 6) is 4.97. The van der Waals surface area contributed by atoms with Crippen molar-refractivity contribution in [3.8, 4) is 11.6 Å². The van der Waals surface area contributed by atoms with Gasteiger partial charge in [-0.05, 0) is 24.3 Å². The van der Waals surface area contributed by atoms with Crippen LogP contribution in [0.2, 0.25) is 5.02 Å². The van der Waals surface area contributed by atoms with Crippen LogP contribution in [0.1, 0.15) is 5.56 Å². The number of hydrogen-bond donors (Lipinski definition) is 2. The van der Waals surface area contributed by atoms with Crippen LogP contribution < -0.4 is 16.0 Å². The minimum absolute atomic E-state index is 0.156. The van der Waals surface area contributed by atoms with Gasteiger partial charge in [-0.25, -0.2) is 5.84 Å². The van der Waals surface area contributed by atoms with E-state index in [2.05, 4.69) is 10.4 Å². The highest BCUT2D eigenvalue weighted by molar-refractivity contribution is 6.30. The third-order valence-corrected chi connectivity index (χ3v) is 2.53. The van der Waals surface area contributed by atoms with Crippen molar-refractivity contribution in [2.75, 3.05) is 5.43 Å². The monoisotopic (exact) mass is 303 g/mol. The average molecular weight is 304 g/mol. The fourth-order valence-electron chi connectivity index (χ4n) is 1.45. The fraction of sp³-hybridized carbons (Fsp3) is 0.0833. The van der Waals surface area contributed by atoms with Crippen molar-refractivity contribution in [1.82, 2.24) is 4.98 Å². The van der Waals surface area contributed by atoms with Gasteiger partial charge in [0, 0.05) is 11.1 Å². The minimum Gasteiger partial charge on any atom is -0.439 e. The third kappa shape index (κ3) is 3.52. The van der Waals surface area contributed by atoms with Crippen LogP contribution in [0.25, 0.3) is 0 Å². The number of rotatable bonds is 3. The Bertz CT molecular complexity index is 619. The van der Waals surface area contributed by atoms with E-state index < -0.39 is 11.7 Å². The third-order valence-electron chi connectivity index (χ3n) is 2.30. The maximum atomic E-state index is 12.7. The largest absolute Gasteiger partial charge is 0.439 e. The van der Waals surface area contributed by atoms with Crippen LogP contribution in [-0.2, 0) is 6.18 Å². The van der Waals surface area contributed by atoms with Gasteiger partial charge in [-0.15, -0.1) is 0 Å². The van der Waals surface area contributed by atoms with Gasteiger partial charge in [0.15, 0.2) is 0 Å². The summed E-state index contributed by atoms with van der Waals surface area (Å²) in [6.07, 6.45) is -4.53. The van der Waals surface area contributed by atoms with E-state index in [9.17, 15) is 13.2 Å². The molecular weight excluding hydrogens is 295 g/mol. The van der Waals surface area contributed by atoms with Crippen molar-refractivity contribution in [3.63, 3.8) is 0 Å². The zero-order valence-electron chi connectivity index (χ0n) is 9.91. The van der Waals surface area contributed by atoms with Crippen LogP contribution in [-0.4, -0.2) is 4.98 Å². The number of nitrogens with one attached hydrogen (secondary N) is 1. The predicted octanol–water partition coefficient (Wildman–Crippen LogP) is 3.83. The first kappa shape index (κ1) is 14.4. The Morgan fingerprint density at radius 3 is 2.55 bits per heavy atom. The van der Waals surface area contributed by atoms with E-state index in [-0.39, 0.29) is 17.4 Å². The van der Waals surface area contributed by atoms with E-state index in [1.165, 1.54) is 6.07 Å². The smallest absolute Gasteiger partial charge is 0.416 e. The number of hydrazine groups is 1. The van der Waals surface area contributed by atoms with Crippen LogP contribution in [0.3, 0.4) is 0 Å². The molecule has 0 amide bonds. The predicted molar refractivity (Wildman–Crippen MR) is 68.6 cm³/mol. The maximum Gasteiger partial charge on any atom is 0.416 e. The van der Waals surface area contributed by atoms with Gasteiger partial charge in [0.1, 0.15) is 11.6 Å². The topological polar surface area (TPSA) is 60.2 Å². The minimum atomic E-state index is -4.53. The van der Waals surface area contributed by atoms with Crippen molar-refractivity contribution in [2.24, 2.45) is 5.84 Å². The number of alkyl halides is 3. The van der Waals surface area contributed by atoms with Gasteiger partial charge in [0.25, 0.3) is 0 Å². The average Bonchev–Trinajstić information content (AvgIpc) is 2.37. The standard InChI is InChI=1S/C12H9ClF3N3O/c13-8-2-1-3-9(6-8)20-11-5-7(12(14,15)16)4-10(18-11)19-17/h1-6H,17H2,(H,18,19). The number of pyridine rings is 1. The number of nitrogen functional groups attached to an aromatic ring is 1. The highest BCUT2D eigenvalue weighted by Crippen LogP contribution is 2.33. The first-order valence-electron chi connectivity index (χ1n) is 5.38. The second-order valence-corrected chi connectivity index (χ2v) is 4.22. The lowest BCUT2D eigenvalue weighted by atomic mass is 10.2. The Kier molecular flexibility index (Phi) is 4.01. The van der Waals surface area contributed by atoms with Crippen LogP contribution in [0.5, 0.6) is 11.6 Å². The van der Waals surface area contributed by atoms with Crippen LogP contribution in [0.4, 0.5) is 19.0 Å². The number of aromatic nitrogens is 1. The second kappa shape index (κ2) is 5.56. The highest BCUT2D eigenvalue weighted by Gasteiger charge is 2.32. The molecule has 0 saturated carbocycles. The number of anilines is 1. The molecule has 3 N–H and O–H groups in total. The number of ether oxygens (including phenoxy) is 1. The molecule has 8 heteroatoms. The normalized spacial score (nSPS) is 11.2. The van der Waals surface area contributed by atoms with Gasteiger partial charge in [0.05, 0.1) is 5.56 Å². The summed E-state index contributed by atoms with van der Waals surface area (Å²) in [6, 6.07) is 7.78. The molecule has 1 heterocycles. The van der Waals surface area contributed by atoms with Gasteiger partial charge >= 0.3 is 6.18 Å². The van der Waals surface area contributed by atoms with Gasteiger partial charge in [-0.2, -0.15) is 18.2 Å². The Hall–Kier alpha value is -1.99. The van der Waals surface area contributed by atoms with E-state index in [0.717, 1.165) is 12.1 Å². The van der Waals surface area contributed by atoms with E-state index in [1.807, 2.05) is 0 Å². The maximum absolute atomic E-state index is 12.7. The molecule has 0 aliphatic rings. The lowest BCUT2D eigenvalue weighted by Crippen LogP contribution is -2.12. The van der Waals surface area contributed by atoms with Gasteiger partial charge in [0.2, 0.25) is 5.88 Å². The Morgan fingerprint density at radius 2 is 1.95 bits per heavy atom. The van der Waals surface area contributed by atoms with Crippen LogP contribution in [0.15, 0.2) is 36.4 Å². The van der Waals surface area contributed by atoms with E-state index >= 15 is 0 Å². The molecule has 0 radical (unpaired) electrons. The van der Waals surface area contributed by atoms with Crippen molar-refractivity contribution < 1.29 is 17.9 Å². The van der Waals surface area contributed by atoms with Crippen molar-refractivity contribution in [1.29, 1.82) is 0 Å². The second-order valence-electron chi connectivity index (χ2n) is 3.78. The molecule has 20 heavy (non-hydrogen) atoms. The summed E-state index contributed by atoms with van der Waals surface area (Å²) in [5, 5.41) is 0.395. The lowest BCUT2D eigenvalue weighted by molar-refractivity contribution is -0.137. The molecule has 0 unspecified atom stereocenters. The van der Waals surface area contributed by atoms with E-state index in [0.29, 0.717) is 5.02 Å². The summed E-state index contributed by atoms with van der Waals surface area (Å²) in [7, 11) is 0. The molecule has 0 atom stereocenters. The Labute approximate surface area is 117 Å². The first-order valence-corrected chi connectivity index (χ1v) is 5.75. The van der Waals surface area contributed by atoms with E-state index in [4.69, 9.17) is 22.2 Å². The Morgan fingerprint density at radius 1 is 1.20 bits per heavy atom. The number of benzene rings is 1. The molecule has 0 fully saturated rings. The molecule has 0 spiro atoms. The quantitative estimate of drug-likeness (QED) is 0.668. The van der Waals surface area contributed by atoms with Gasteiger partial charge in [-0.1, -0.05) is 17.7 Å². The van der Waals surface area contributed by atoms with Crippen molar-refractivity contribution in [2.45, 2.75) is 6.18 Å². The molecule has 0 aliphatic heterocycles. The molecular formula is C12H9ClF3N3O. The zero-order valence-corrected chi connectivity index (χ0v) is 10.7. The summed E-state index contributed by atoms with van der Waals surface area (Å²) >= 11 is 5.76. The summed E-state index contributed by atoms with van der Waals surface area (Å²) in [4.78, 5) is 3.79. The molecule has 0 saturated heterocycles. The van der Waals surface area contributed by atoms with Gasteiger partial charge < -0.3 is 10.2 Å². The summed E-state index contributed by atoms with van der Waals surface area (Å²) < 4.78 is 43.4. The Balaban J connectivity index is 2.36. The number of halogens is 4. The highest BCUT2D eigenvalue weighted by atomic mass is 35.5. The van der Waals surface area contributed by atoms with Crippen molar-refractivity contribution >= 4 is 17.4 Å². The lowest BCUT2D eigenvalue weighted by Gasteiger charge is -2.11.